The fourth-order valence-corrected chi connectivity index (χ4v) is 0.932. The van der Waals surface area contributed by atoms with Crippen LogP contribution in [0, 0.1) is 0 Å². The van der Waals surface area contributed by atoms with Crippen LogP contribution in [0.25, 0.3) is 5.69 Å². The van der Waals surface area contributed by atoms with Crippen LogP contribution in [0.5, 0.6) is 0 Å². The number of rotatable bonds is 1. The van der Waals surface area contributed by atoms with E-state index >= 15 is 0 Å². The van der Waals surface area contributed by atoms with E-state index in [1.807, 2.05) is 0 Å². The first-order chi connectivity index (χ1) is 6.25. The Morgan fingerprint density at radius 2 is 2.08 bits per heavy atom. The van der Waals surface area contributed by atoms with Gasteiger partial charge in [-0.3, -0.25) is 0 Å². The second kappa shape index (κ2) is 2.74. The van der Waals surface area contributed by atoms with Crippen molar-refractivity contribution < 1.29 is 9.32 Å². The maximum absolute atomic E-state index is 10.6. The number of nitrogens with one attached hydrogen (secondary N) is 1. The molecule has 0 spiro atoms. The van der Waals surface area contributed by atoms with E-state index in [2.05, 4.69) is 14.9 Å². The molecule has 0 aliphatic rings. The molecule has 0 aliphatic carbocycles. The summed E-state index contributed by atoms with van der Waals surface area (Å²) < 4.78 is 4.32. The Morgan fingerprint density at radius 3 is 2.62 bits per heavy atom. The van der Waals surface area contributed by atoms with Crippen molar-refractivity contribution in [3.05, 3.63) is 34.8 Å². The van der Waals surface area contributed by atoms with Crippen LogP contribution in [-0.2, 0) is 0 Å². The van der Waals surface area contributed by atoms with Gasteiger partial charge < -0.3 is 5.73 Å². The van der Waals surface area contributed by atoms with Crippen LogP contribution in [0.3, 0.4) is 0 Å². The first kappa shape index (κ1) is 7.53. The molecule has 0 fully saturated rings. The quantitative estimate of drug-likeness (QED) is 0.444. The van der Waals surface area contributed by atoms with E-state index in [9.17, 15) is 4.79 Å². The molecule has 0 bridgehead atoms. The summed E-state index contributed by atoms with van der Waals surface area (Å²) in [5.41, 5.74) is 6.81. The Kier molecular flexibility index (Phi) is 1.59. The molecule has 0 amide bonds. The largest absolute Gasteiger partial charge is 0.493 e. The molecule has 0 saturated carbocycles. The number of nitrogens with two attached hydrogens (primary N) is 1. The summed E-state index contributed by atoms with van der Waals surface area (Å²) in [6.07, 6.45) is 0. The fourth-order valence-electron chi connectivity index (χ4n) is 0.932. The zero-order chi connectivity index (χ0) is 9.26. The van der Waals surface area contributed by atoms with Crippen molar-refractivity contribution in [2.45, 2.75) is 0 Å². The van der Waals surface area contributed by atoms with E-state index in [1.165, 1.54) is 4.80 Å². The molecule has 2 rings (SSSR count). The van der Waals surface area contributed by atoms with E-state index in [4.69, 9.17) is 5.73 Å². The predicted octanol–water partition coefficient (Wildman–Crippen LogP) is -0.778. The zero-order valence-corrected chi connectivity index (χ0v) is 6.60. The number of nitrogens with zero attached hydrogens (tertiary/aromatic N) is 2. The minimum absolute atomic E-state index is 0.600. The number of nitrogen functional groups attached to an aromatic ring is 1. The van der Waals surface area contributed by atoms with E-state index < -0.39 is 5.76 Å². The molecular formula is C7H7N4O2+. The lowest BCUT2D eigenvalue weighted by Crippen LogP contribution is -2.37. The maximum Gasteiger partial charge on any atom is 0.493 e. The highest BCUT2D eigenvalue weighted by atomic mass is 16.5. The Bertz CT molecular complexity index is 456. The van der Waals surface area contributed by atoms with Crippen LogP contribution in [0.4, 0.5) is 5.69 Å². The van der Waals surface area contributed by atoms with Gasteiger partial charge in [-0.2, -0.15) is 0 Å². The molecule has 0 aliphatic heterocycles. The maximum atomic E-state index is 10.6. The van der Waals surface area contributed by atoms with Crippen LogP contribution in [0.1, 0.15) is 0 Å². The summed E-state index contributed by atoms with van der Waals surface area (Å²) in [5, 5.41) is 5.80. The van der Waals surface area contributed by atoms with Gasteiger partial charge in [0.1, 0.15) is 0 Å². The first-order valence-electron chi connectivity index (χ1n) is 3.60. The van der Waals surface area contributed by atoms with Crippen LogP contribution in [0.15, 0.2) is 33.6 Å². The number of hydrogen-bond donors (Lipinski definition) is 2. The third-order valence-electron chi connectivity index (χ3n) is 1.54. The molecule has 3 N–H and O–H groups in total. The zero-order valence-electron chi connectivity index (χ0n) is 6.60. The van der Waals surface area contributed by atoms with Crippen molar-refractivity contribution in [1.29, 1.82) is 0 Å². The number of benzene rings is 1. The molecule has 0 radical (unpaired) electrons. The summed E-state index contributed by atoms with van der Waals surface area (Å²) in [5.74, 6) is -0.600. The van der Waals surface area contributed by atoms with Gasteiger partial charge in [-0.15, -0.1) is 0 Å². The third kappa shape index (κ3) is 1.41. The summed E-state index contributed by atoms with van der Waals surface area (Å²) >= 11 is 0. The molecule has 1 heterocycles. The topological polar surface area (TPSA) is 88.8 Å². The minimum Gasteiger partial charge on any atom is -0.399 e. The average molecular weight is 179 g/mol. The molecule has 1 aromatic carbocycles. The van der Waals surface area contributed by atoms with Crippen LogP contribution in [-0.4, -0.2) is 10.4 Å². The molecule has 6 heteroatoms. The average Bonchev–Trinajstić information content (AvgIpc) is 2.53. The van der Waals surface area contributed by atoms with Crippen molar-refractivity contribution in [3.8, 4) is 5.69 Å². The monoisotopic (exact) mass is 179 g/mol. The lowest BCUT2D eigenvalue weighted by molar-refractivity contribution is -0.725. The lowest BCUT2D eigenvalue weighted by Gasteiger charge is -1.88. The second-order valence-electron chi connectivity index (χ2n) is 2.48. The number of H-pyrrole nitrogens is 1. The van der Waals surface area contributed by atoms with Gasteiger partial charge in [0, 0.05) is 17.8 Å². The summed E-state index contributed by atoms with van der Waals surface area (Å²) in [6, 6.07) is 6.84. The van der Waals surface area contributed by atoms with Crippen molar-refractivity contribution in [1.82, 2.24) is 10.4 Å². The summed E-state index contributed by atoms with van der Waals surface area (Å²) in [7, 11) is 0. The van der Waals surface area contributed by atoms with Crippen LogP contribution in [0.2, 0.25) is 0 Å². The van der Waals surface area contributed by atoms with E-state index in [-0.39, 0.29) is 0 Å². The van der Waals surface area contributed by atoms with E-state index in [0.717, 1.165) is 0 Å². The number of aromatic amines is 1. The molecular weight excluding hydrogens is 172 g/mol. The van der Waals surface area contributed by atoms with Gasteiger partial charge in [0.05, 0.1) is 4.80 Å². The molecule has 0 unspecified atom stereocenters. The van der Waals surface area contributed by atoms with Gasteiger partial charge in [0.2, 0.25) is 5.27 Å². The fraction of sp³-hybridized carbons (Fsp3) is 0. The van der Waals surface area contributed by atoms with Crippen molar-refractivity contribution in [2.24, 2.45) is 0 Å². The molecule has 6 nitrogen and oxygen atoms in total. The molecule has 2 aromatic rings. The minimum atomic E-state index is -0.600. The Balaban J connectivity index is 2.47. The highest BCUT2D eigenvalue weighted by Crippen LogP contribution is 2.02. The molecule has 0 saturated heterocycles. The standard InChI is InChI=1S/C7H6N4O2/c8-5-1-3-6(4-2-5)11-9-7(12)13-10-11/h1-4H,(H2-,8,9,10,12)/p+1. The van der Waals surface area contributed by atoms with Crippen molar-refractivity contribution in [2.75, 3.05) is 5.73 Å². The molecule has 13 heavy (non-hydrogen) atoms. The highest BCUT2D eigenvalue weighted by molar-refractivity contribution is 5.41. The Morgan fingerprint density at radius 1 is 1.38 bits per heavy atom. The van der Waals surface area contributed by atoms with Crippen LogP contribution < -0.4 is 16.3 Å². The van der Waals surface area contributed by atoms with Crippen molar-refractivity contribution >= 4 is 5.69 Å². The predicted molar refractivity (Wildman–Crippen MR) is 43.1 cm³/mol. The second-order valence-corrected chi connectivity index (χ2v) is 2.48. The Labute approximate surface area is 72.5 Å². The van der Waals surface area contributed by atoms with E-state index in [0.29, 0.717) is 11.4 Å². The van der Waals surface area contributed by atoms with Gasteiger partial charge in [0.25, 0.3) is 5.69 Å². The Hall–Kier alpha value is -2.11. The van der Waals surface area contributed by atoms with Crippen LogP contribution >= 0.6 is 0 Å². The molecule has 0 atom stereocenters. The highest BCUT2D eigenvalue weighted by Gasteiger charge is 2.11. The normalized spacial score (nSPS) is 10.2. The van der Waals surface area contributed by atoms with Gasteiger partial charge in [0.15, 0.2) is 0 Å². The van der Waals surface area contributed by atoms with Gasteiger partial charge in [-0.1, -0.05) is 5.10 Å². The summed E-state index contributed by atoms with van der Waals surface area (Å²) in [4.78, 5) is 11.8. The third-order valence-corrected chi connectivity index (χ3v) is 1.54. The molecule has 1 aromatic heterocycles. The van der Waals surface area contributed by atoms with Gasteiger partial charge in [-0.05, 0) is 12.1 Å². The lowest BCUT2D eigenvalue weighted by atomic mass is 10.3. The van der Waals surface area contributed by atoms with E-state index in [1.54, 1.807) is 24.3 Å². The summed E-state index contributed by atoms with van der Waals surface area (Å²) in [6.45, 7) is 0. The SMILES string of the molecule is Nc1ccc(-[n+]2noc(=O)[nH]2)cc1. The van der Waals surface area contributed by atoms with Gasteiger partial charge >= 0.3 is 5.76 Å². The number of anilines is 1. The smallest absolute Gasteiger partial charge is 0.399 e. The first-order valence-corrected chi connectivity index (χ1v) is 3.60. The van der Waals surface area contributed by atoms with Gasteiger partial charge in [-0.25, -0.2) is 9.32 Å². The van der Waals surface area contributed by atoms with Crippen molar-refractivity contribution in [3.63, 3.8) is 0 Å². The molecule has 66 valence electrons. The number of hydrogen-bond acceptors (Lipinski definition) is 4. The number of aromatic nitrogens is 3.